The minimum atomic E-state index is 0.264. The Kier molecular flexibility index (Phi) is 4.35. The molecule has 0 bridgehead atoms. The van der Waals surface area contributed by atoms with Crippen LogP contribution in [0.25, 0.3) is 0 Å². The van der Waals surface area contributed by atoms with Crippen LogP contribution in [0.1, 0.15) is 45.4 Å². The third-order valence-corrected chi connectivity index (χ3v) is 3.75. The molecule has 1 aromatic rings. The largest absolute Gasteiger partial charge is 0.261 e. The van der Waals surface area contributed by atoms with Crippen LogP contribution in [0, 0.1) is 5.41 Å². The summed E-state index contributed by atoms with van der Waals surface area (Å²) in [6.07, 6.45) is 9.84. The second-order valence-corrected chi connectivity index (χ2v) is 5.65. The van der Waals surface area contributed by atoms with Gasteiger partial charge in [0, 0.05) is 11.6 Å². The van der Waals surface area contributed by atoms with Crippen LogP contribution in [-0.4, -0.2) is 6.21 Å². The highest BCUT2D eigenvalue weighted by Crippen LogP contribution is 2.40. The Bertz CT molecular complexity index is 410. The molecule has 1 nitrogen and oxygen atoms in total. The lowest BCUT2D eigenvalue weighted by atomic mass is 9.71. The molecule has 0 aromatic heterocycles. The standard InChI is InChI=1S/C17H23N/c1-15(2)13-17(11-7-4-8-12-17)14-18-16-9-5-3-6-10-16/h3,5-6,9-10,14H,1,4,7-8,11-13H2,2H3. The van der Waals surface area contributed by atoms with Crippen molar-refractivity contribution in [3.63, 3.8) is 0 Å². The maximum Gasteiger partial charge on any atom is 0.0625 e. The van der Waals surface area contributed by atoms with Crippen molar-refractivity contribution in [1.29, 1.82) is 0 Å². The van der Waals surface area contributed by atoms with Gasteiger partial charge in [-0.15, -0.1) is 6.58 Å². The lowest BCUT2D eigenvalue weighted by Crippen LogP contribution is -2.26. The zero-order valence-electron chi connectivity index (χ0n) is 11.4. The predicted octanol–water partition coefficient (Wildman–Crippen LogP) is 5.31. The number of aliphatic imine (C=N–C) groups is 1. The number of rotatable bonds is 4. The second kappa shape index (κ2) is 5.99. The van der Waals surface area contributed by atoms with E-state index in [4.69, 9.17) is 0 Å². The molecule has 1 aliphatic carbocycles. The summed E-state index contributed by atoms with van der Waals surface area (Å²) in [5.74, 6) is 0. The van der Waals surface area contributed by atoms with Gasteiger partial charge in [0.2, 0.25) is 0 Å². The first-order chi connectivity index (χ1) is 8.70. The average molecular weight is 241 g/mol. The van der Waals surface area contributed by atoms with E-state index in [0.29, 0.717) is 0 Å². The lowest BCUT2D eigenvalue weighted by Gasteiger charge is -2.34. The Balaban J connectivity index is 2.14. The molecule has 0 unspecified atom stereocenters. The molecule has 1 aliphatic rings. The van der Waals surface area contributed by atoms with Gasteiger partial charge in [-0.3, -0.25) is 4.99 Å². The normalized spacial score (nSPS) is 18.9. The number of allylic oxidation sites excluding steroid dienone is 1. The maximum atomic E-state index is 4.69. The topological polar surface area (TPSA) is 12.4 Å². The Labute approximate surface area is 111 Å². The Morgan fingerprint density at radius 1 is 1.22 bits per heavy atom. The van der Waals surface area contributed by atoms with E-state index in [0.717, 1.165) is 12.1 Å². The first-order valence-corrected chi connectivity index (χ1v) is 6.95. The molecule has 2 rings (SSSR count). The van der Waals surface area contributed by atoms with E-state index in [1.807, 2.05) is 18.2 Å². The van der Waals surface area contributed by atoms with Gasteiger partial charge < -0.3 is 0 Å². The summed E-state index contributed by atoms with van der Waals surface area (Å²) < 4.78 is 0. The lowest BCUT2D eigenvalue weighted by molar-refractivity contribution is 0.289. The summed E-state index contributed by atoms with van der Waals surface area (Å²) in [5.41, 5.74) is 2.60. The Hall–Kier alpha value is -1.37. The fourth-order valence-corrected chi connectivity index (χ4v) is 2.93. The van der Waals surface area contributed by atoms with E-state index >= 15 is 0 Å². The van der Waals surface area contributed by atoms with Crippen molar-refractivity contribution in [1.82, 2.24) is 0 Å². The molecule has 0 atom stereocenters. The average Bonchev–Trinajstić information content (AvgIpc) is 2.38. The SMILES string of the molecule is C=C(C)CC1(C=Nc2ccccc2)CCCCC1. The molecule has 1 aromatic carbocycles. The zero-order chi connectivity index (χ0) is 12.8. The Morgan fingerprint density at radius 2 is 1.89 bits per heavy atom. The minimum Gasteiger partial charge on any atom is -0.261 e. The first-order valence-electron chi connectivity index (χ1n) is 6.95. The summed E-state index contributed by atoms with van der Waals surface area (Å²) in [5, 5.41) is 0. The molecule has 0 amide bonds. The first kappa shape index (κ1) is 13.1. The van der Waals surface area contributed by atoms with Crippen LogP contribution >= 0.6 is 0 Å². The van der Waals surface area contributed by atoms with Gasteiger partial charge in [-0.05, 0) is 38.3 Å². The Morgan fingerprint density at radius 3 is 2.50 bits per heavy atom. The van der Waals surface area contributed by atoms with Crippen molar-refractivity contribution in [2.75, 3.05) is 0 Å². The van der Waals surface area contributed by atoms with Crippen molar-refractivity contribution in [2.45, 2.75) is 45.4 Å². The summed E-state index contributed by atoms with van der Waals surface area (Å²) >= 11 is 0. The fraction of sp³-hybridized carbons (Fsp3) is 0.471. The molecular formula is C17H23N. The molecule has 0 N–H and O–H groups in total. The van der Waals surface area contributed by atoms with E-state index in [-0.39, 0.29) is 5.41 Å². The number of para-hydroxylation sites is 1. The highest BCUT2D eigenvalue weighted by molar-refractivity contribution is 5.70. The van der Waals surface area contributed by atoms with E-state index in [1.165, 1.54) is 37.7 Å². The van der Waals surface area contributed by atoms with Gasteiger partial charge in [0.05, 0.1) is 5.69 Å². The molecule has 96 valence electrons. The predicted molar refractivity (Wildman–Crippen MR) is 79.5 cm³/mol. The van der Waals surface area contributed by atoms with E-state index in [9.17, 15) is 0 Å². The van der Waals surface area contributed by atoms with Crippen LogP contribution in [-0.2, 0) is 0 Å². The van der Waals surface area contributed by atoms with Crippen LogP contribution in [0.3, 0.4) is 0 Å². The zero-order valence-corrected chi connectivity index (χ0v) is 11.4. The quantitative estimate of drug-likeness (QED) is 0.500. The fourth-order valence-electron chi connectivity index (χ4n) is 2.93. The van der Waals surface area contributed by atoms with Crippen LogP contribution < -0.4 is 0 Å². The smallest absolute Gasteiger partial charge is 0.0625 e. The van der Waals surface area contributed by atoms with Crippen molar-refractivity contribution in [3.05, 3.63) is 42.5 Å². The van der Waals surface area contributed by atoms with E-state index in [2.05, 4.69) is 36.8 Å². The monoisotopic (exact) mass is 241 g/mol. The summed E-state index contributed by atoms with van der Waals surface area (Å²) in [6.45, 7) is 6.22. The van der Waals surface area contributed by atoms with Crippen molar-refractivity contribution >= 4 is 11.9 Å². The van der Waals surface area contributed by atoms with Gasteiger partial charge in [0.15, 0.2) is 0 Å². The van der Waals surface area contributed by atoms with Gasteiger partial charge >= 0.3 is 0 Å². The maximum absolute atomic E-state index is 4.69. The minimum absolute atomic E-state index is 0.264. The highest BCUT2D eigenvalue weighted by atomic mass is 14.7. The number of hydrogen-bond donors (Lipinski definition) is 0. The number of nitrogens with zero attached hydrogens (tertiary/aromatic N) is 1. The van der Waals surface area contributed by atoms with Crippen LogP contribution in [0.2, 0.25) is 0 Å². The van der Waals surface area contributed by atoms with Crippen LogP contribution in [0.5, 0.6) is 0 Å². The van der Waals surface area contributed by atoms with Crippen LogP contribution in [0.15, 0.2) is 47.5 Å². The highest BCUT2D eigenvalue weighted by Gasteiger charge is 2.30. The number of benzene rings is 1. The second-order valence-electron chi connectivity index (χ2n) is 5.65. The van der Waals surface area contributed by atoms with Gasteiger partial charge in [-0.2, -0.15) is 0 Å². The van der Waals surface area contributed by atoms with Crippen molar-refractivity contribution in [2.24, 2.45) is 10.4 Å². The summed E-state index contributed by atoms with van der Waals surface area (Å²) in [6, 6.07) is 10.2. The number of hydrogen-bond acceptors (Lipinski definition) is 1. The molecule has 0 aliphatic heterocycles. The molecule has 1 saturated carbocycles. The van der Waals surface area contributed by atoms with Gasteiger partial charge in [-0.1, -0.05) is 43.0 Å². The van der Waals surface area contributed by atoms with Crippen molar-refractivity contribution < 1.29 is 0 Å². The molecular weight excluding hydrogens is 218 g/mol. The molecule has 0 saturated heterocycles. The third-order valence-electron chi connectivity index (χ3n) is 3.75. The van der Waals surface area contributed by atoms with E-state index < -0.39 is 0 Å². The molecule has 0 radical (unpaired) electrons. The van der Waals surface area contributed by atoms with Gasteiger partial charge in [0.1, 0.15) is 0 Å². The summed E-state index contributed by atoms with van der Waals surface area (Å²) in [4.78, 5) is 4.69. The molecule has 18 heavy (non-hydrogen) atoms. The van der Waals surface area contributed by atoms with Gasteiger partial charge in [-0.25, -0.2) is 0 Å². The summed E-state index contributed by atoms with van der Waals surface area (Å²) in [7, 11) is 0. The van der Waals surface area contributed by atoms with Crippen LogP contribution in [0.4, 0.5) is 5.69 Å². The molecule has 0 spiro atoms. The third kappa shape index (κ3) is 3.56. The molecule has 1 heteroatoms. The van der Waals surface area contributed by atoms with E-state index in [1.54, 1.807) is 0 Å². The molecule has 0 heterocycles. The van der Waals surface area contributed by atoms with Gasteiger partial charge in [0.25, 0.3) is 0 Å². The molecule has 1 fully saturated rings. The van der Waals surface area contributed by atoms with Crippen molar-refractivity contribution in [3.8, 4) is 0 Å².